The molecule has 1 atom stereocenters. The summed E-state index contributed by atoms with van der Waals surface area (Å²) in [4.78, 5) is 28.0. The van der Waals surface area contributed by atoms with Crippen molar-refractivity contribution in [2.45, 2.75) is 97.1 Å². The Morgan fingerprint density at radius 3 is 2.36 bits per heavy atom. The smallest absolute Gasteiger partial charge is 0.233 e. The summed E-state index contributed by atoms with van der Waals surface area (Å²) in [5.41, 5.74) is 11.3. The molecule has 3 N–H and O–H groups in total. The van der Waals surface area contributed by atoms with E-state index >= 15 is 0 Å². The maximum Gasteiger partial charge on any atom is 0.233 e. The lowest BCUT2D eigenvalue weighted by Crippen LogP contribution is -2.45. The number of fused-ring (bicyclic) bond motifs is 4. The lowest BCUT2D eigenvalue weighted by molar-refractivity contribution is -0.137. The molecule has 1 amide bonds. The highest BCUT2D eigenvalue weighted by molar-refractivity contribution is 5.95. The summed E-state index contributed by atoms with van der Waals surface area (Å²) in [6.45, 7) is 14.7. The second kappa shape index (κ2) is 11.5. The average Bonchev–Trinajstić information content (AvgIpc) is 3.79. The Hall–Kier alpha value is -3.90. The summed E-state index contributed by atoms with van der Waals surface area (Å²) in [6, 6.07) is 20.8. The number of aryl methyl sites for hydroxylation is 3. The van der Waals surface area contributed by atoms with Gasteiger partial charge in [-0.2, -0.15) is 0 Å². The second-order valence-electron chi connectivity index (χ2n) is 14.4. The van der Waals surface area contributed by atoms with Crippen molar-refractivity contribution in [1.29, 1.82) is 0 Å². The van der Waals surface area contributed by atoms with Crippen molar-refractivity contribution in [2.75, 3.05) is 13.1 Å². The van der Waals surface area contributed by atoms with E-state index in [-0.39, 0.29) is 11.8 Å². The number of H-pyrrole nitrogens is 2. The highest BCUT2D eigenvalue weighted by atomic mass is 16.2. The van der Waals surface area contributed by atoms with Gasteiger partial charge in [-0.05, 0) is 138 Å². The van der Waals surface area contributed by atoms with Gasteiger partial charge < -0.3 is 20.2 Å². The molecule has 2 fully saturated rings. The molecular formula is C39H47N5O. The number of hydrogen-bond donors (Lipinski definition) is 3. The van der Waals surface area contributed by atoms with Crippen LogP contribution in [0.15, 0.2) is 54.6 Å². The molecule has 3 aromatic carbocycles. The van der Waals surface area contributed by atoms with Crippen LogP contribution >= 0.6 is 0 Å². The number of rotatable bonds is 9. The number of carbonyl (C=O) groups is 1. The van der Waals surface area contributed by atoms with Crippen molar-refractivity contribution >= 4 is 27.8 Å². The van der Waals surface area contributed by atoms with Crippen LogP contribution in [-0.4, -0.2) is 50.9 Å². The van der Waals surface area contributed by atoms with Crippen molar-refractivity contribution in [3.05, 3.63) is 88.2 Å². The quantitative estimate of drug-likeness (QED) is 0.150. The van der Waals surface area contributed by atoms with E-state index < -0.39 is 5.41 Å². The van der Waals surface area contributed by atoms with Crippen LogP contribution < -0.4 is 5.32 Å². The predicted octanol–water partition coefficient (Wildman–Crippen LogP) is 8.00. The first-order valence-corrected chi connectivity index (χ1v) is 16.8. The first-order valence-electron chi connectivity index (χ1n) is 16.8. The van der Waals surface area contributed by atoms with Gasteiger partial charge >= 0.3 is 0 Å². The third kappa shape index (κ3) is 5.48. The highest BCUT2D eigenvalue weighted by Crippen LogP contribution is 2.42. The monoisotopic (exact) mass is 601 g/mol. The number of benzene rings is 3. The Morgan fingerprint density at radius 2 is 1.64 bits per heavy atom. The Balaban J connectivity index is 1.18. The van der Waals surface area contributed by atoms with Gasteiger partial charge in [0.1, 0.15) is 5.82 Å². The number of aromatic amines is 2. The van der Waals surface area contributed by atoms with Crippen LogP contribution in [0.4, 0.5) is 0 Å². The van der Waals surface area contributed by atoms with Crippen molar-refractivity contribution < 1.29 is 4.79 Å². The van der Waals surface area contributed by atoms with Crippen LogP contribution in [0.5, 0.6) is 0 Å². The van der Waals surface area contributed by atoms with Crippen molar-refractivity contribution in [3.8, 4) is 11.3 Å². The maximum atomic E-state index is 14.1. The minimum absolute atomic E-state index is 0.260. The molecule has 7 rings (SSSR count). The number of aromatic nitrogens is 3. The molecule has 0 saturated carbocycles. The Morgan fingerprint density at radius 1 is 0.933 bits per heavy atom. The van der Waals surface area contributed by atoms with Crippen LogP contribution in [0, 0.1) is 20.8 Å². The number of nitrogens with zero attached hydrogens (tertiary/aromatic N) is 2. The number of hydrogen-bond acceptors (Lipinski definition) is 3. The summed E-state index contributed by atoms with van der Waals surface area (Å²) in [5, 5.41) is 4.98. The standard InChI is InChI=1S/C39H47N5O/c1-23-17-24(2)19-28(18-23)37-36(25(3)22-40-16-15-27-7-13-34-35(20-27)42-26(4)41-34)32-21-29(8-14-33(32)43-37)39(5,6)38(45)44-30-9-10-31(44)12-11-30/h7-8,13-14,17-21,25,30-31,40,43H,9-12,15-16,22H2,1-6H3,(H,41,42)/t25-,30?,31?/m1/s1. The van der Waals surface area contributed by atoms with Gasteiger partial charge in [0.25, 0.3) is 0 Å². The molecule has 234 valence electrons. The van der Waals surface area contributed by atoms with E-state index in [0.29, 0.717) is 12.1 Å². The lowest BCUT2D eigenvalue weighted by Gasteiger charge is -2.33. The van der Waals surface area contributed by atoms with E-state index in [1.165, 1.54) is 38.9 Å². The van der Waals surface area contributed by atoms with E-state index in [2.05, 4.69) is 114 Å². The molecule has 4 heterocycles. The van der Waals surface area contributed by atoms with E-state index in [4.69, 9.17) is 0 Å². The van der Waals surface area contributed by atoms with E-state index in [9.17, 15) is 4.79 Å². The molecule has 2 bridgehead atoms. The first-order chi connectivity index (χ1) is 21.6. The van der Waals surface area contributed by atoms with Gasteiger partial charge in [-0.15, -0.1) is 0 Å². The Labute approximate surface area is 267 Å². The van der Waals surface area contributed by atoms with Crippen molar-refractivity contribution in [3.63, 3.8) is 0 Å². The molecule has 6 heteroatoms. The van der Waals surface area contributed by atoms with Gasteiger partial charge in [0, 0.05) is 29.5 Å². The highest BCUT2D eigenvalue weighted by Gasteiger charge is 2.47. The maximum absolute atomic E-state index is 14.1. The SMILES string of the molecule is Cc1cc(C)cc(-c2[nH]c3ccc(C(C)(C)C(=O)N4C5CCC4CC5)cc3c2[C@H](C)CNCCc2ccc3nc(C)[nH]c3c2)c1. The average molecular weight is 602 g/mol. The summed E-state index contributed by atoms with van der Waals surface area (Å²) in [7, 11) is 0. The third-order valence-corrected chi connectivity index (χ3v) is 10.5. The lowest BCUT2D eigenvalue weighted by atomic mass is 9.81. The van der Waals surface area contributed by atoms with Gasteiger partial charge in [-0.3, -0.25) is 4.79 Å². The second-order valence-corrected chi connectivity index (χ2v) is 14.4. The minimum Gasteiger partial charge on any atom is -0.354 e. The number of imidazole rings is 1. The van der Waals surface area contributed by atoms with E-state index in [0.717, 1.165) is 73.1 Å². The van der Waals surface area contributed by atoms with Gasteiger partial charge in [-0.1, -0.05) is 36.2 Å². The molecule has 6 nitrogen and oxygen atoms in total. The Bertz CT molecular complexity index is 1850. The molecule has 2 saturated heterocycles. The van der Waals surface area contributed by atoms with Crippen LogP contribution in [-0.2, 0) is 16.6 Å². The van der Waals surface area contributed by atoms with Crippen LogP contribution in [0.3, 0.4) is 0 Å². The molecule has 2 aliphatic heterocycles. The molecule has 0 radical (unpaired) electrons. The van der Waals surface area contributed by atoms with Gasteiger partial charge in [0.2, 0.25) is 5.91 Å². The normalized spacial score (nSPS) is 18.8. The zero-order chi connectivity index (χ0) is 31.5. The fourth-order valence-corrected chi connectivity index (χ4v) is 8.14. The number of carbonyl (C=O) groups excluding carboxylic acids is 1. The molecule has 45 heavy (non-hydrogen) atoms. The topological polar surface area (TPSA) is 76.8 Å². The zero-order valence-electron chi connectivity index (χ0n) is 27.7. The Kier molecular flexibility index (Phi) is 7.60. The summed E-state index contributed by atoms with van der Waals surface area (Å²) in [5.74, 6) is 1.50. The molecule has 5 aromatic rings. The molecule has 2 aliphatic rings. The van der Waals surface area contributed by atoms with Gasteiger partial charge in [0.15, 0.2) is 0 Å². The van der Waals surface area contributed by atoms with Crippen LogP contribution in [0.25, 0.3) is 33.2 Å². The van der Waals surface area contributed by atoms with Crippen molar-refractivity contribution in [1.82, 2.24) is 25.2 Å². The molecular weight excluding hydrogens is 554 g/mol. The van der Waals surface area contributed by atoms with Crippen LogP contribution in [0.2, 0.25) is 0 Å². The first kappa shape index (κ1) is 29.8. The molecule has 0 spiro atoms. The number of nitrogens with one attached hydrogen (secondary N) is 3. The van der Waals surface area contributed by atoms with E-state index in [1.54, 1.807) is 0 Å². The molecule has 0 unspecified atom stereocenters. The zero-order valence-corrected chi connectivity index (χ0v) is 27.7. The van der Waals surface area contributed by atoms with E-state index in [1.807, 2.05) is 6.92 Å². The van der Waals surface area contributed by atoms with Crippen LogP contribution in [0.1, 0.15) is 86.0 Å². The molecule has 0 aliphatic carbocycles. The minimum atomic E-state index is -0.580. The van der Waals surface area contributed by atoms with Gasteiger partial charge in [-0.25, -0.2) is 4.98 Å². The number of amides is 1. The largest absolute Gasteiger partial charge is 0.354 e. The third-order valence-electron chi connectivity index (χ3n) is 10.5. The molecule has 2 aromatic heterocycles. The predicted molar refractivity (Wildman–Crippen MR) is 185 cm³/mol. The summed E-state index contributed by atoms with van der Waals surface area (Å²) >= 11 is 0. The summed E-state index contributed by atoms with van der Waals surface area (Å²) in [6.07, 6.45) is 5.60. The summed E-state index contributed by atoms with van der Waals surface area (Å²) < 4.78 is 0. The fraction of sp³-hybridized carbons (Fsp3) is 0.436. The van der Waals surface area contributed by atoms with Crippen molar-refractivity contribution in [2.24, 2.45) is 0 Å². The van der Waals surface area contributed by atoms with Gasteiger partial charge in [0.05, 0.1) is 22.1 Å². The fourth-order valence-electron chi connectivity index (χ4n) is 8.14.